The van der Waals surface area contributed by atoms with E-state index in [1.807, 2.05) is 0 Å². The molecule has 3 aromatic rings. The topological polar surface area (TPSA) is 114 Å². The van der Waals surface area contributed by atoms with E-state index < -0.39 is 44.0 Å². The molecule has 8 nitrogen and oxygen atoms in total. The summed E-state index contributed by atoms with van der Waals surface area (Å²) in [6.07, 6.45) is -0.514. The lowest BCUT2D eigenvalue weighted by Gasteiger charge is -2.18. The van der Waals surface area contributed by atoms with Gasteiger partial charge in [0.05, 0.1) is 11.0 Å². The zero-order valence-electron chi connectivity index (χ0n) is 19.7. The fraction of sp³-hybridized carbons (Fsp3) is 0.348. The summed E-state index contributed by atoms with van der Waals surface area (Å²) < 4.78 is 63.8. The molecule has 11 heteroatoms. The summed E-state index contributed by atoms with van der Waals surface area (Å²) in [5.74, 6) is -1.69. The average molecular weight is 508 g/mol. The lowest BCUT2D eigenvalue weighted by Crippen LogP contribution is -2.27. The van der Waals surface area contributed by atoms with Crippen LogP contribution in [-0.4, -0.2) is 44.5 Å². The van der Waals surface area contributed by atoms with Crippen LogP contribution in [0.4, 0.5) is 4.39 Å². The Morgan fingerprint density at radius 2 is 1.82 bits per heavy atom. The maximum Gasteiger partial charge on any atom is 0.356 e. The number of halogens is 1. The van der Waals surface area contributed by atoms with Crippen molar-refractivity contribution < 1.29 is 26.9 Å². The van der Waals surface area contributed by atoms with E-state index in [4.69, 9.17) is 4.74 Å². The molecule has 0 saturated heterocycles. The van der Waals surface area contributed by atoms with E-state index in [1.54, 1.807) is 52.8 Å². The standard InChI is InChI=1S/C23H26FN3O5S2/c1-14(2)32-22(28)19-13-16-12-18(24)20(15(3)26-33(29)23(4,5)6)25-21(16)27(19)34(30,31)17-10-8-7-9-11-17/h7-14H,1-6H3. The van der Waals surface area contributed by atoms with Crippen LogP contribution in [0.2, 0.25) is 0 Å². The highest BCUT2D eigenvalue weighted by molar-refractivity contribution is 7.91. The highest BCUT2D eigenvalue weighted by Gasteiger charge is 2.31. The van der Waals surface area contributed by atoms with Gasteiger partial charge < -0.3 is 9.29 Å². The third-order valence-corrected chi connectivity index (χ3v) is 7.81. The molecule has 3 rings (SSSR count). The Bertz CT molecular complexity index is 1360. The lowest BCUT2D eigenvalue weighted by atomic mass is 10.2. The van der Waals surface area contributed by atoms with Crippen LogP contribution in [0.3, 0.4) is 0 Å². The van der Waals surface area contributed by atoms with Gasteiger partial charge in [-0.3, -0.25) is 0 Å². The Kier molecular flexibility index (Phi) is 7.20. The Morgan fingerprint density at radius 3 is 2.38 bits per heavy atom. The fourth-order valence-corrected chi connectivity index (χ4v) is 5.08. The van der Waals surface area contributed by atoms with Crippen molar-refractivity contribution in [3.05, 3.63) is 59.7 Å². The largest absolute Gasteiger partial charge is 0.591 e. The number of hydrogen-bond donors (Lipinski definition) is 0. The van der Waals surface area contributed by atoms with Crippen molar-refractivity contribution in [2.24, 2.45) is 4.40 Å². The number of nitrogens with zero attached hydrogens (tertiary/aromatic N) is 3. The van der Waals surface area contributed by atoms with Crippen LogP contribution < -0.4 is 0 Å². The number of aromatic nitrogens is 2. The molecule has 34 heavy (non-hydrogen) atoms. The molecule has 0 spiro atoms. The molecule has 0 aliphatic carbocycles. The maximum absolute atomic E-state index is 15.0. The molecule has 2 aromatic heterocycles. The predicted octanol–water partition coefficient (Wildman–Crippen LogP) is 4.25. The third-order valence-electron chi connectivity index (χ3n) is 4.61. The van der Waals surface area contributed by atoms with Gasteiger partial charge in [-0.05, 0) is 65.8 Å². The monoisotopic (exact) mass is 507 g/mol. The van der Waals surface area contributed by atoms with Crippen LogP contribution in [0.25, 0.3) is 11.0 Å². The smallest absolute Gasteiger partial charge is 0.356 e. The molecule has 0 aliphatic heterocycles. The molecule has 2 heterocycles. The molecule has 0 N–H and O–H groups in total. The molecule has 182 valence electrons. The van der Waals surface area contributed by atoms with Gasteiger partial charge in [0.2, 0.25) is 0 Å². The number of fused-ring (bicyclic) bond motifs is 1. The van der Waals surface area contributed by atoms with Crippen LogP contribution >= 0.6 is 0 Å². The van der Waals surface area contributed by atoms with E-state index in [-0.39, 0.29) is 33.0 Å². The van der Waals surface area contributed by atoms with Gasteiger partial charge >= 0.3 is 5.97 Å². The van der Waals surface area contributed by atoms with Crippen LogP contribution in [0.5, 0.6) is 0 Å². The molecule has 0 aliphatic rings. The second kappa shape index (κ2) is 9.47. The summed E-state index contributed by atoms with van der Waals surface area (Å²) in [7, 11) is -4.30. The zero-order valence-corrected chi connectivity index (χ0v) is 21.3. The Balaban J connectivity index is 2.32. The van der Waals surface area contributed by atoms with E-state index in [2.05, 4.69) is 9.38 Å². The molecule has 0 radical (unpaired) electrons. The quantitative estimate of drug-likeness (QED) is 0.280. The molecule has 1 unspecified atom stereocenters. The maximum atomic E-state index is 15.0. The van der Waals surface area contributed by atoms with Crippen molar-refractivity contribution >= 4 is 44.1 Å². The van der Waals surface area contributed by atoms with E-state index in [0.29, 0.717) is 0 Å². The van der Waals surface area contributed by atoms with Crippen LogP contribution in [0.1, 0.15) is 57.7 Å². The molecule has 0 saturated carbocycles. The highest BCUT2D eigenvalue weighted by Crippen LogP contribution is 2.28. The van der Waals surface area contributed by atoms with Crippen molar-refractivity contribution in [3.8, 4) is 0 Å². The van der Waals surface area contributed by atoms with Gasteiger partial charge in [0.1, 0.15) is 33.2 Å². The summed E-state index contributed by atoms with van der Waals surface area (Å²) in [5.41, 5.74) is -0.725. The minimum Gasteiger partial charge on any atom is -0.591 e. The predicted molar refractivity (Wildman–Crippen MR) is 129 cm³/mol. The van der Waals surface area contributed by atoms with Crippen molar-refractivity contribution in [3.63, 3.8) is 0 Å². The minimum absolute atomic E-state index is 0.0313. The number of benzene rings is 1. The number of rotatable bonds is 6. The van der Waals surface area contributed by atoms with Crippen LogP contribution in [0, 0.1) is 5.82 Å². The summed E-state index contributed by atoms with van der Waals surface area (Å²) in [5, 5.41) is 0.0845. The van der Waals surface area contributed by atoms with Gasteiger partial charge in [0.15, 0.2) is 11.5 Å². The second-order valence-electron chi connectivity index (χ2n) is 8.84. The highest BCUT2D eigenvalue weighted by atomic mass is 32.2. The van der Waals surface area contributed by atoms with Crippen molar-refractivity contribution in [2.45, 2.75) is 57.3 Å². The molecular formula is C23H26FN3O5S2. The normalized spacial score (nSPS) is 14.0. The van der Waals surface area contributed by atoms with Crippen LogP contribution in [-0.2, 0) is 26.1 Å². The van der Waals surface area contributed by atoms with E-state index >= 15 is 0 Å². The first kappa shape index (κ1) is 25.9. The van der Waals surface area contributed by atoms with Gasteiger partial charge in [-0.25, -0.2) is 26.6 Å². The Hall–Kier alpha value is -2.76. The summed E-state index contributed by atoms with van der Waals surface area (Å²) in [6, 6.07) is 9.79. The van der Waals surface area contributed by atoms with Gasteiger partial charge in [0.25, 0.3) is 10.0 Å². The minimum atomic E-state index is -4.30. The van der Waals surface area contributed by atoms with Gasteiger partial charge in [-0.2, -0.15) is 0 Å². The number of pyridine rings is 1. The molecule has 1 aromatic carbocycles. The van der Waals surface area contributed by atoms with Crippen molar-refractivity contribution in [1.29, 1.82) is 0 Å². The lowest BCUT2D eigenvalue weighted by molar-refractivity contribution is 0.0370. The van der Waals surface area contributed by atoms with Crippen molar-refractivity contribution in [2.75, 3.05) is 0 Å². The molecule has 0 amide bonds. The van der Waals surface area contributed by atoms with Gasteiger partial charge in [-0.1, -0.05) is 22.6 Å². The Labute approximate surface area is 201 Å². The van der Waals surface area contributed by atoms with E-state index in [0.717, 1.165) is 10.0 Å². The second-order valence-corrected chi connectivity index (χ2v) is 12.5. The fourth-order valence-electron chi connectivity index (χ4n) is 3.00. The van der Waals surface area contributed by atoms with E-state index in [1.165, 1.54) is 25.1 Å². The average Bonchev–Trinajstić information content (AvgIpc) is 3.11. The summed E-state index contributed by atoms with van der Waals surface area (Å²) >= 11 is -1.69. The molecule has 0 fully saturated rings. The SMILES string of the molecule is CC(=N[S+]([O-])C(C)(C)C)c1nc2c(cc1F)cc(C(=O)OC(C)C)n2S(=O)(=O)c1ccccc1. The van der Waals surface area contributed by atoms with E-state index in [9.17, 15) is 22.2 Å². The van der Waals surface area contributed by atoms with Crippen LogP contribution in [0.15, 0.2) is 51.8 Å². The number of carbonyl (C=O) groups is 1. The molecular weight excluding hydrogens is 481 g/mol. The number of hydrogen-bond acceptors (Lipinski definition) is 7. The number of carbonyl (C=O) groups excluding carboxylic acids is 1. The zero-order chi connectivity index (χ0) is 25.4. The first-order chi connectivity index (χ1) is 15.7. The van der Waals surface area contributed by atoms with Gasteiger partial charge in [-0.15, -0.1) is 0 Å². The molecule has 0 bridgehead atoms. The number of ether oxygens (including phenoxy) is 1. The first-order valence-corrected chi connectivity index (χ1v) is 13.0. The summed E-state index contributed by atoms with van der Waals surface area (Å²) in [4.78, 5) is 16.9. The van der Waals surface area contributed by atoms with Crippen molar-refractivity contribution in [1.82, 2.24) is 8.96 Å². The summed E-state index contributed by atoms with van der Waals surface area (Å²) in [6.45, 7) is 9.85. The van der Waals surface area contributed by atoms with Gasteiger partial charge in [0, 0.05) is 5.39 Å². The number of esters is 1. The Morgan fingerprint density at radius 1 is 1.21 bits per heavy atom. The third kappa shape index (κ3) is 5.16. The first-order valence-electron chi connectivity index (χ1n) is 10.4. The molecule has 1 atom stereocenters.